The molecule has 1 aromatic heterocycles. The topological polar surface area (TPSA) is 71.8 Å². The number of nitriles is 1. The standard InChI is InChI=1S/C21H14ClN3O/c22-17-8-2-6-15-19-16(21(24)26)7-3-9-18(19)25(20(15)17)12-14-5-1-4-13(10-14)11-23/h1-10H,12H2,(H2,24,26). The number of carbonyl (C=O) groups excluding carboxylic acids is 1. The Hall–Kier alpha value is -3.29. The van der Waals surface area contributed by atoms with Gasteiger partial charge in [-0.15, -0.1) is 0 Å². The molecule has 0 spiro atoms. The quantitative estimate of drug-likeness (QED) is 0.586. The van der Waals surface area contributed by atoms with E-state index in [0.29, 0.717) is 22.7 Å². The fourth-order valence-electron chi connectivity index (χ4n) is 3.45. The Morgan fingerprint density at radius 2 is 1.88 bits per heavy atom. The number of benzene rings is 3. The van der Waals surface area contributed by atoms with Crippen LogP contribution >= 0.6 is 11.6 Å². The van der Waals surface area contributed by atoms with E-state index in [-0.39, 0.29) is 0 Å². The van der Waals surface area contributed by atoms with Crippen molar-refractivity contribution in [3.8, 4) is 6.07 Å². The smallest absolute Gasteiger partial charge is 0.249 e. The Morgan fingerprint density at radius 1 is 1.12 bits per heavy atom. The first-order valence-corrected chi connectivity index (χ1v) is 8.46. The third kappa shape index (κ3) is 2.50. The second kappa shape index (κ2) is 6.21. The van der Waals surface area contributed by atoms with E-state index in [1.54, 1.807) is 12.1 Å². The number of nitrogens with two attached hydrogens (primary N) is 1. The molecule has 5 heteroatoms. The predicted octanol–water partition coefficient (Wildman–Crippen LogP) is 4.47. The van der Waals surface area contributed by atoms with E-state index in [4.69, 9.17) is 22.6 Å². The molecule has 4 rings (SSSR count). The monoisotopic (exact) mass is 359 g/mol. The summed E-state index contributed by atoms with van der Waals surface area (Å²) in [5, 5.41) is 11.4. The summed E-state index contributed by atoms with van der Waals surface area (Å²) in [5.74, 6) is -0.471. The van der Waals surface area contributed by atoms with Crippen molar-refractivity contribution in [2.24, 2.45) is 5.73 Å². The number of nitrogens with zero attached hydrogens (tertiary/aromatic N) is 2. The molecule has 0 aliphatic rings. The molecule has 0 atom stereocenters. The lowest BCUT2D eigenvalue weighted by atomic mass is 10.1. The van der Waals surface area contributed by atoms with Gasteiger partial charge in [0.05, 0.1) is 27.7 Å². The van der Waals surface area contributed by atoms with Crippen LogP contribution in [0.1, 0.15) is 21.5 Å². The molecule has 1 amide bonds. The second-order valence-electron chi connectivity index (χ2n) is 6.10. The van der Waals surface area contributed by atoms with Gasteiger partial charge in [0.1, 0.15) is 0 Å². The van der Waals surface area contributed by atoms with Crippen LogP contribution in [0.3, 0.4) is 0 Å². The molecule has 0 radical (unpaired) electrons. The molecule has 0 unspecified atom stereocenters. The molecular weight excluding hydrogens is 346 g/mol. The molecule has 26 heavy (non-hydrogen) atoms. The average Bonchev–Trinajstić information content (AvgIpc) is 2.97. The molecule has 3 aromatic carbocycles. The van der Waals surface area contributed by atoms with Crippen molar-refractivity contribution in [2.75, 3.05) is 0 Å². The van der Waals surface area contributed by atoms with Crippen LogP contribution in [0.25, 0.3) is 21.8 Å². The summed E-state index contributed by atoms with van der Waals surface area (Å²) in [6, 6.07) is 20.7. The molecule has 4 nitrogen and oxygen atoms in total. The van der Waals surface area contributed by atoms with Crippen molar-refractivity contribution in [3.05, 3.63) is 82.4 Å². The predicted molar refractivity (Wildman–Crippen MR) is 103 cm³/mol. The Kier molecular flexibility index (Phi) is 3.87. The van der Waals surface area contributed by atoms with Gasteiger partial charge in [-0.05, 0) is 35.9 Å². The fraction of sp³-hybridized carbons (Fsp3) is 0.0476. The van der Waals surface area contributed by atoms with Crippen LogP contribution in [-0.2, 0) is 6.54 Å². The minimum atomic E-state index is -0.471. The van der Waals surface area contributed by atoms with E-state index in [1.807, 2.05) is 48.5 Å². The Morgan fingerprint density at radius 3 is 2.65 bits per heavy atom. The summed E-state index contributed by atoms with van der Waals surface area (Å²) < 4.78 is 2.07. The number of carbonyl (C=O) groups is 1. The van der Waals surface area contributed by atoms with Crippen LogP contribution < -0.4 is 5.73 Å². The third-order valence-electron chi connectivity index (χ3n) is 4.52. The van der Waals surface area contributed by atoms with Crippen LogP contribution in [0.2, 0.25) is 5.02 Å². The van der Waals surface area contributed by atoms with Gasteiger partial charge in [0.15, 0.2) is 0 Å². The van der Waals surface area contributed by atoms with E-state index in [9.17, 15) is 4.79 Å². The third-order valence-corrected chi connectivity index (χ3v) is 4.83. The highest BCUT2D eigenvalue weighted by Gasteiger charge is 2.18. The maximum atomic E-state index is 11.9. The molecule has 0 aliphatic carbocycles. The van der Waals surface area contributed by atoms with Gasteiger partial charge in [-0.3, -0.25) is 4.79 Å². The van der Waals surface area contributed by atoms with Crippen LogP contribution in [0.5, 0.6) is 0 Å². The van der Waals surface area contributed by atoms with Crippen LogP contribution in [-0.4, -0.2) is 10.5 Å². The highest BCUT2D eigenvalue weighted by molar-refractivity contribution is 6.37. The first kappa shape index (κ1) is 16.2. The summed E-state index contributed by atoms with van der Waals surface area (Å²) in [5.41, 5.74) is 9.37. The number of hydrogen-bond acceptors (Lipinski definition) is 2. The van der Waals surface area contributed by atoms with E-state index in [0.717, 1.165) is 27.4 Å². The van der Waals surface area contributed by atoms with Crippen molar-refractivity contribution in [2.45, 2.75) is 6.54 Å². The number of hydrogen-bond donors (Lipinski definition) is 1. The normalized spacial score (nSPS) is 10.9. The molecule has 0 saturated heterocycles. The molecular formula is C21H14ClN3O. The number of para-hydroxylation sites is 1. The molecule has 4 aromatic rings. The first-order valence-electron chi connectivity index (χ1n) is 8.08. The zero-order valence-electron chi connectivity index (χ0n) is 13.7. The summed E-state index contributed by atoms with van der Waals surface area (Å²) in [6.07, 6.45) is 0. The second-order valence-corrected chi connectivity index (χ2v) is 6.51. The Bertz CT molecular complexity index is 1220. The summed E-state index contributed by atoms with van der Waals surface area (Å²) in [7, 11) is 0. The fourth-order valence-corrected chi connectivity index (χ4v) is 3.73. The van der Waals surface area contributed by atoms with E-state index < -0.39 is 5.91 Å². The summed E-state index contributed by atoms with van der Waals surface area (Å²) in [4.78, 5) is 11.9. The van der Waals surface area contributed by atoms with Crippen LogP contribution in [0.4, 0.5) is 0 Å². The van der Waals surface area contributed by atoms with Gasteiger partial charge in [0, 0.05) is 22.9 Å². The van der Waals surface area contributed by atoms with Crippen molar-refractivity contribution < 1.29 is 4.79 Å². The van der Waals surface area contributed by atoms with Crippen molar-refractivity contribution in [1.29, 1.82) is 5.26 Å². The van der Waals surface area contributed by atoms with E-state index in [1.165, 1.54) is 0 Å². The number of fused-ring (bicyclic) bond motifs is 3. The lowest BCUT2D eigenvalue weighted by Gasteiger charge is -2.09. The van der Waals surface area contributed by atoms with Crippen molar-refractivity contribution in [3.63, 3.8) is 0 Å². The van der Waals surface area contributed by atoms with Gasteiger partial charge >= 0.3 is 0 Å². The Balaban J connectivity index is 2.05. The molecule has 1 heterocycles. The van der Waals surface area contributed by atoms with Gasteiger partial charge in [-0.25, -0.2) is 0 Å². The van der Waals surface area contributed by atoms with Gasteiger partial charge in [-0.1, -0.05) is 41.9 Å². The SMILES string of the molecule is N#Cc1cccc(Cn2c3cccc(C(N)=O)c3c3cccc(Cl)c32)c1. The molecule has 126 valence electrons. The minimum Gasteiger partial charge on any atom is -0.366 e. The van der Waals surface area contributed by atoms with E-state index in [2.05, 4.69) is 10.6 Å². The van der Waals surface area contributed by atoms with Crippen molar-refractivity contribution in [1.82, 2.24) is 4.57 Å². The number of primary amides is 1. The molecule has 2 N–H and O–H groups in total. The van der Waals surface area contributed by atoms with Gasteiger partial charge < -0.3 is 10.3 Å². The zero-order valence-corrected chi connectivity index (χ0v) is 14.5. The van der Waals surface area contributed by atoms with Crippen LogP contribution in [0.15, 0.2) is 60.7 Å². The summed E-state index contributed by atoms with van der Waals surface area (Å²) in [6.45, 7) is 0.529. The minimum absolute atomic E-state index is 0.471. The van der Waals surface area contributed by atoms with Crippen molar-refractivity contribution >= 4 is 39.3 Å². The molecule has 0 aliphatic heterocycles. The van der Waals surface area contributed by atoms with Gasteiger partial charge in [0.2, 0.25) is 5.91 Å². The largest absolute Gasteiger partial charge is 0.366 e. The highest BCUT2D eigenvalue weighted by Crippen LogP contribution is 2.35. The number of rotatable bonds is 3. The van der Waals surface area contributed by atoms with E-state index >= 15 is 0 Å². The average molecular weight is 360 g/mol. The lowest BCUT2D eigenvalue weighted by molar-refractivity contribution is 0.100. The maximum Gasteiger partial charge on any atom is 0.249 e. The maximum absolute atomic E-state index is 11.9. The van der Waals surface area contributed by atoms with Gasteiger partial charge in [0.25, 0.3) is 0 Å². The molecule has 0 bridgehead atoms. The number of amides is 1. The number of halogens is 1. The number of aromatic nitrogens is 1. The van der Waals surface area contributed by atoms with Crippen LogP contribution in [0, 0.1) is 11.3 Å². The lowest BCUT2D eigenvalue weighted by Crippen LogP contribution is -2.11. The highest BCUT2D eigenvalue weighted by atomic mass is 35.5. The first-order chi connectivity index (χ1) is 12.6. The zero-order chi connectivity index (χ0) is 18.3. The summed E-state index contributed by atoms with van der Waals surface area (Å²) >= 11 is 6.50. The molecule has 0 fully saturated rings. The Labute approximate surface area is 155 Å². The van der Waals surface area contributed by atoms with Gasteiger partial charge in [-0.2, -0.15) is 5.26 Å². The molecule has 0 saturated carbocycles.